The van der Waals surface area contributed by atoms with Gasteiger partial charge in [0.15, 0.2) is 12.4 Å². The van der Waals surface area contributed by atoms with Crippen LogP contribution in [0.2, 0.25) is 0 Å². The zero-order valence-corrected chi connectivity index (χ0v) is 20.2. The number of nitrogens with one attached hydrogen (secondary N) is 2. The molecule has 2 fully saturated rings. The van der Waals surface area contributed by atoms with Crippen LogP contribution in [-0.4, -0.2) is 31.9 Å². The van der Waals surface area contributed by atoms with E-state index in [1.807, 2.05) is 23.0 Å². The number of hydrogen-bond donors (Lipinski definition) is 2. The largest absolute Gasteiger partial charge is 1.00 e. The molecule has 33 heavy (non-hydrogen) atoms. The van der Waals surface area contributed by atoms with Crippen molar-refractivity contribution < 1.29 is 21.8 Å². The van der Waals surface area contributed by atoms with Crippen molar-refractivity contribution in [1.82, 2.24) is 25.3 Å². The maximum absolute atomic E-state index is 12.2. The molecular formula is C25H33ClN6O. The molecule has 176 valence electrons. The van der Waals surface area contributed by atoms with E-state index in [4.69, 9.17) is 10.2 Å². The first-order valence-corrected chi connectivity index (χ1v) is 11.9. The molecule has 0 aliphatic heterocycles. The highest BCUT2D eigenvalue weighted by atomic mass is 35.5. The van der Waals surface area contributed by atoms with E-state index in [1.54, 1.807) is 0 Å². The molecule has 1 amide bonds. The second-order valence-corrected chi connectivity index (χ2v) is 9.53. The van der Waals surface area contributed by atoms with E-state index in [-0.39, 0.29) is 24.4 Å². The number of aromatic nitrogens is 5. The molecule has 2 aliphatic rings. The van der Waals surface area contributed by atoms with Gasteiger partial charge in [0.1, 0.15) is 0 Å². The Labute approximate surface area is 201 Å². The third-order valence-corrected chi connectivity index (χ3v) is 6.74. The van der Waals surface area contributed by atoms with Gasteiger partial charge in [-0.3, -0.25) is 14.6 Å². The molecule has 3 aromatic rings. The summed E-state index contributed by atoms with van der Waals surface area (Å²) < 4.78 is 4.12. The van der Waals surface area contributed by atoms with Crippen LogP contribution in [-0.2, 0) is 11.3 Å². The van der Waals surface area contributed by atoms with Crippen LogP contribution in [0.5, 0.6) is 0 Å². The van der Waals surface area contributed by atoms with Crippen molar-refractivity contribution in [2.24, 2.45) is 5.92 Å². The number of carbonyl (C=O) groups excluding carboxylic acids is 1. The normalized spacial score (nSPS) is 17.4. The molecule has 0 bridgehead atoms. The van der Waals surface area contributed by atoms with Crippen molar-refractivity contribution in [2.45, 2.75) is 77.4 Å². The molecule has 1 unspecified atom stereocenters. The summed E-state index contributed by atoms with van der Waals surface area (Å²) in [7, 11) is 0. The Morgan fingerprint density at radius 1 is 1.21 bits per heavy atom. The van der Waals surface area contributed by atoms with E-state index >= 15 is 0 Å². The summed E-state index contributed by atoms with van der Waals surface area (Å²) in [5, 5.41) is 15.9. The quantitative estimate of drug-likeness (QED) is 0.499. The Morgan fingerprint density at radius 3 is 2.70 bits per heavy atom. The van der Waals surface area contributed by atoms with Gasteiger partial charge in [-0.25, -0.2) is 0 Å². The lowest BCUT2D eigenvalue weighted by atomic mass is 9.82. The topological polar surface area (TPSA) is 79.5 Å². The standard InChI is InChI=1S/C25H32N6O.ClH/c1-17-13-18(2)31(29-17)25(19-7-4-3-5-8-19)23-14-22(27-28-23)20-9-6-12-30(15-20)16-24(32)26-21-10-11-21;/h6,9,12-15,19,21,25H,3-5,7-8,10-11,16H2,1-2H3,(H-,26,27,28,32);1H. The molecular weight excluding hydrogens is 436 g/mol. The highest BCUT2D eigenvalue weighted by molar-refractivity contribution is 5.75. The first-order chi connectivity index (χ1) is 15.6. The Morgan fingerprint density at radius 2 is 2.00 bits per heavy atom. The first kappa shape index (κ1) is 23.5. The third kappa shape index (κ3) is 5.46. The number of hydrogen-bond acceptors (Lipinski definition) is 3. The summed E-state index contributed by atoms with van der Waals surface area (Å²) in [4.78, 5) is 12.2. The summed E-state index contributed by atoms with van der Waals surface area (Å²) in [5.74, 6) is 0.617. The molecule has 0 radical (unpaired) electrons. The second kappa shape index (κ2) is 10.1. The molecule has 8 heteroatoms. The van der Waals surface area contributed by atoms with E-state index in [9.17, 15) is 4.79 Å². The van der Waals surface area contributed by atoms with Gasteiger partial charge in [0.05, 0.1) is 28.7 Å². The summed E-state index contributed by atoms with van der Waals surface area (Å²) >= 11 is 0. The molecule has 0 spiro atoms. The van der Waals surface area contributed by atoms with Crippen molar-refractivity contribution in [3.8, 4) is 11.3 Å². The number of halogens is 1. The summed E-state index contributed by atoms with van der Waals surface area (Å²) in [6.45, 7) is 4.53. The number of pyridine rings is 1. The van der Waals surface area contributed by atoms with Gasteiger partial charge in [-0.1, -0.05) is 19.3 Å². The number of aryl methyl sites for hydroxylation is 2. The Hall–Kier alpha value is -2.67. The molecule has 2 saturated carbocycles. The molecule has 1 atom stereocenters. The maximum atomic E-state index is 12.2. The van der Waals surface area contributed by atoms with E-state index in [2.05, 4.69) is 47.1 Å². The van der Waals surface area contributed by atoms with E-state index in [1.165, 1.54) is 37.8 Å². The lowest BCUT2D eigenvalue weighted by molar-refractivity contribution is -0.684. The van der Waals surface area contributed by atoms with Crippen LogP contribution in [0.25, 0.3) is 11.3 Å². The predicted octanol–water partition coefficient (Wildman–Crippen LogP) is 0.630. The van der Waals surface area contributed by atoms with E-state index < -0.39 is 0 Å². The van der Waals surface area contributed by atoms with Crippen molar-refractivity contribution in [1.29, 1.82) is 0 Å². The molecule has 3 heterocycles. The van der Waals surface area contributed by atoms with Crippen LogP contribution < -0.4 is 22.3 Å². The predicted molar refractivity (Wildman–Crippen MR) is 122 cm³/mol. The number of rotatable bonds is 7. The molecule has 5 rings (SSSR count). The number of carbonyl (C=O) groups is 1. The highest BCUT2D eigenvalue weighted by Gasteiger charge is 2.30. The number of H-pyrrole nitrogens is 1. The molecule has 3 aromatic heterocycles. The van der Waals surface area contributed by atoms with Gasteiger partial charge >= 0.3 is 0 Å². The van der Waals surface area contributed by atoms with Crippen LogP contribution >= 0.6 is 0 Å². The lowest BCUT2D eigenvalue weighted by Crippen LogP contribution is -3.00. The maximum Gasteiger partial charge on any atom is 0.286 e. The van der Waals surface area contributed by atoms with Crippen LogP contribution in [0.15, 0.2) is 36.7 Å². The minimum Gasteiger partial charge on any atom is -1.00 e. The minimum absolute atomic E-state index is 0. The van der Waals surface area contributed by atoms with Crippen LogP contribution in [0, 0.1) is 19.8 Å². The molecule has 7 nitrogen and oxygen atoms in total. The zero-order chi connectivity index (χ0) is 22.1. The fourth-order valence-electron chi connectivity index (χ4n) is 5.03. The monoisotopic (exact) mass is 468 g/mol. The smallest absolute Gasteiger partial charge is 0.286 e. The van der Waals surface area contributed by atoms with Crippen LogP contribution in [0.3, 0.4) is 0 Å². The van der Waals surface area contributed by atoms with Gasteiger partial charge in [-0.15, -0.1) is 0 Å². The van der Waals surface area contributed by atoms with Gasteiger partial charge in [-0.05, 0) is 63.6 Å². The number of amides is 1. The van der Waals surface area contributed by atoms with Crippen molar-refractivity contribution in [2.75, 3.05) is 0 Å². The Kier molecular flexibility index (Phi) is 7.17. The SMILES string of the molecule is Cc1cc(C)n(C(c2cc(-c3ccc[n+](CC(=O)NC4CC4)c3)[nH]n2)C2CCCCC2)n1.[Cl-]. The van der Waals surface area contributed by atoms with E-state index in [0.717, 1.165) is 35.5 Å². The first-order valence-electron chi connectivity index (χ1n) is 11.9. The van der Waals surface area contributed by atoms with Crippen molar-refractivity contribution >= 4 is 5.91 Å². The molecule has 0 aromatic carbocycles. The fourth-order valence-corrected chi connectivity index (χ4v) is 5.03. The second-order valence-electron chi connectivity index (χ2n) is 9.53. The third-order valence-electron chi connectivity index (χ3n) is 6.74. The van der Waals surface area contributed by atoms with Crippen molar-refractivity contribution in [3.63, 3.8) is 0 Å². The minimum atomic E-state index is 0. The van der Waals surface area contributed by atoms with Gasteiger partial charge in [0, 0.05) is 17.8 Å². The average Bonchev–Trinajstić information content (AvgIpc) is 3.34. The van der Waals surface area contributed by atoms with Crippen LogP contribution in [0.1, 0.15) is 68.1 Å². The van der Waals surface area contributed by atoms with Gasteiger partial charge in [-0.2, -0.15) is 14.8 Å². The summed E-state index contributed by atoms with van der Waals surface area (Å²) in [5.41, 5.74) is 5.27. The van der Waals surface area contributed by atoms with Crippen molar-refractivity contribution in [3.05, 3.63) is 53.7 Å². The lowest BCUT2D eigenvalue weighted by Gasteiger charge is -2.30. The molecule has 2 N–H and O–H groups in total. The van der Waals surface area contributed by atoms with E-state index in [0.29, 0.717) is 18.5 Å². The Bertz CT molecular complexity index is 1100. The summed E-state index contributed by atoms with van der Waals surface area (Å²) in [6.07, 6.45) is 12.5. The summed E-state index contributed by atoms with van der Waals surface area (Å²) in [6, 6.07) is 8.89. The Balaban J connectivity index is 0.00000259. The zero-order valence-electron chi connectivity index (χ0n) is 19.4. The van der Waals surface area contributed by atoms with Gasteiger partial charge < -0.3 is 17.7 Å². The van der Waals surface area contributed by atoms with Crippen LogP contribution in [0.4, 0.5) is 0 Å². The highest BCUT2D eigenvalue weighted by Crippen LogP contribution is 2.37. The fraction of sp³-hybridized carbons (Fsp3) is 0.520. The van der Waals surface area contributed by atoms with Gasteiger partial charge in [0.25, 0.3) is 5.91 Å². The van der Waals surface area contributed by atoms with Gasteiger partial charge in [0.2, 0.25) is 6.54 Å². The number of nitrogens with zero attached hydrogens (tertiary/aromatic N) is 4. The number of aromatic amines is 1. The average molecular weight is 469 g/mol. The molecule has 2 aliphatic carbocycles. The molecule has 0 saturated heterocycles.